The molecule has 21 heavy (non-hydrogen) atoms. The number of carbonyl (C=O) groups is 1. The molecule has 5 nitrogen and oxygen atoms in total. The summed E-state index contributed by atoms with van der Waals surface area (Å²) in [4.78, 5) is 10.5. The van der Waals surface area contributed by atoms with Crippen LogP contribution in [0.5, 0.6) is 0 Å². The van der Waals surface area contributed by atoms with Crippen LogP contribution in [0.2, 0.25) is 0 Å². The van der Waals surface area contributed by atoms with E-state index < -0.39 is 5.97 Å². The first-order valence-corrected chi connectivity index (χ1v) is 7.93. The summed E-state index contributed by atoms with van der Waals surface area (Å²) in [6, 6.07) is 3.58. The van der Waals surface area contributed by atoms with Gasteiger partial charge < -0.3 is 10.4 Å². The highest BCUT2D eigenvalue weighted by Crippen LogP contribution is 2.25. The minimum Gasteiger partial charge on any atom is -0.481 e. The quantitative estimate of drug-likeness (QED) is 0.794. The van der Waals surface area contributed by atoms with Crippen LogP contribution in [0.3, 0.4) is 0 Å². The van der Waals surface area contributed by atoms with E-state index in [0.717, 1.165) is 17.3 Å². The summed E-state index contributed by atoms with van der Waals surface area (Å²) in [5.74, 6) is -1.10. The van der Waals surface area contributed by atoms with Crippen molar-refractivity contribution in [3.05, 3.63) is 34.6 Å². The van der Waals surface area contributed by atoms with Crippen LogP contribution in [0.1, 0.15) is 16.7 Å². The van der Waals surface area contributed by atoms with Crippen LogP contribution in [0.15, 0.2) is 16.5 Å². The number of thioether (sulfide) groups is 1. The predicted molar refractivity (Wildman–Crippen MR) is 81.5 cm³/mol. The Labute approximate surface area is 129 Å². The second-order valence-electron chi connectivity index (χ2n) is 4.45. The molecule has 0 atom stereocenters. The molecule has 2 aromatic rings. The summed E-state index contributed by atoms with van der Waals surface area (Å²) in [5.41, 5.74) is 2.19. The molecule has 0 fully saturated rings. The molecule has 0 radical (unpaired) electrons. The number of anilines is 1. The van der Waals surface area contributed by atoms with Crippen molar-refractivity contribution in [3.8, 4) is 0 Å². The Morgan fingerprint density at radius 3 is 2.67 bits per heavy atom. The third kappa shape index (κ3) is 4.40. The summed E-state index contributed by atoms with van der Waals surface area (Å²) in [7, 11) is 0. The zero-order valence-electron chi connectivity index (χ0n) is 11.5. The van der Waals surface area contributed by atoms with Crippen molar-refractivity contribution in [1.29, 1.82) is 0 Å². The number of hydrogen-bond acceptors (Lipinski definition) is 6. The number of halogens is 1. The molecule has 0 saturated heterocycles. The van der Waals surface area contributed by atoms with Crippen LogP contribution in [0.25, 0.3) is 0 Å². The van der Waals surface area contributed by atoms with Crippen molar-refractivity contribution >= 4 is 34.2 Å². The highest BCUT2D eigenvalue weighted by atomic mass is 32.2. The van der Waals surface area contributed by atoms with Crippen LogP contribution < -0.4 is 5.32 Å². The van der Waals surface area contributed by atoms with Crippen LogP contribution in [0.4, 0.5) is 9.52 Å². The highest BCUT2D eigenvalue weighted by Gasteiger charge is 2.08. The molecule has 0 aliphatic heterocycles. The number of carboxylic acids is 1. The van der Waals surface area contributed by atoms with Gasteiger partial charge in [-0.15, -0.1) is 10.2 Å². The molecule has 8 heteroatoms. The van der Waals surface area contributed by atoms with Gasteiger partial charge in [-0.2, -0.15) is 0 Å². The van der Waals surface area contributed by atoms with E-state index in [1.807, 2.05) is 0 Å². The van der Waals surface area contributed by atoms with E-state index in [1.54, 1.807) is 26.0 Å². The van der Waals surface area contributed by atoms with E-state index in [4.69, 9.17) is 5.11 Å². The smallest absolute Gasteiger partial charge is 0.313 e. The van der Waals surface area contributed by atoms with Crippen LogP contribution >= 0.6 is 23.1 Å². The maximum absolute atomic E-state index is 13.5. The molecule has 0 spiro atoms. The number of nitrogens with zero attached hydrogens (tertiary/aromatic N) is 2. The third-order valence-corrected chi connectivity index (χ3v) is 4.66. The lowest BCUT2D eigenvalue weighted by Gasteiger charge is -2.07. The Morgan fingerprint density at radius 1 is 1.38 bits per heavy atom. The molecule has 0 unspecified atom stereocenters. The summed E-state index contributed by atoms with van der Waals surface area (Å²) >= 11 is 2.43. The topological polar surface area (TPSA) is 75.1 Å². The van der Waals surface area contributed by atoms with Crippen LogP contribution in [-0.2, 0) is 11.3 Å². The van der Waals surface area contributed by atoms with Crippen molar-refractivity contribution in [3.63, 3.8) is 0 Å². The number of aliphatic carboxylic acids is 1. The molecule has 0 bridgehead atoms. The molecule has 1 heterocycles. The Hall–Kier alpha value is -1.67. The number of aromatic nitrogens is 2. The first-order chi connectivity index (χ1) is 9.95. The summed E-state index contributed by atoms with van der Waals surface area (Å²) in [6.07, 6.45) is 0. The van der Waals surface area contributed by atoms with Gasteiger partial charge >= 0.3 is 5.97 Å². The van der Waals surface area contributed by atoms with Crippen molar-refractivity contribution in [1.82, 2.24) is 10.2 Å². The number of nitrogens with one attached hydrogen (secondary N) is 1. The van der Waals surface area contributed by atoms with Crippen molar-refractivity contribution in [2.75, 3.05) is 11.1 Å². The van der Waals surface area contributed by atoms with Crippen molar-refractivity contribution < 1.29 is 14.3 Å². The Bertz CT molecular complexity index is 638. The first kappa shape index (κ1) is 15.7. The molecule has 0 aliphatic rings. The fraction of sp³-hybridized carbons (Fsp3) is 0.308. The Kier molecular flexibility index (Phi) is 5.13. The molecule has 112 valence electrons. The molecule has 1 aromatic heterocycles. The lowest BCUT2D eigenvalue weighted by molar-refractivity contribution is -0.133. The summed E-state index contributed by atoms with van der Waals surface area (Å²) in [6.45, 7) is 3.98. The van der Waals surface area contributed by atoms with Gasteiger partial charge in [0, 0.05) is 6.54 Å². The number of benzene rings is 1. The maximum atomic E-state index is 13.5. The fourth-order valence-electron chi connectivity index (χ4n) is 1.78. The molecule has 1 aromatic carbocycles. The highest BCUT2D eigenvalue weighted by molar-refractivity contribution is 8.01. The van der Waals surface area contributed by atoms with Gasteiger partial charge in [0.25, 0.3) is 0 Å². The van der Waals surface area contributed by atoms with Gasteiger partial charge in [0.2, 0.25) is 5.13 Å². The van der Waals surface area contributed by atoms with Gasteiger partial charge in [-0.25, -0.2) is 4.39 Å². The van der Waals surface area contributed by atoms with Gasteiger partial charge in [0.1, 0.15) is 5.82 Å². The zero-order chi connectivity index (χ0) is 15.4. The molecule has 0 saturated carbocycles. The van der Waals surface area contributed by atoms with E-state index in [2.05, 4.69) is 15.5 Å². The predicted octanol–water partition coefficient (Wildman–Crippen LogP) is 3.08. The lowest BCUT2D eigenvalue weighted by atomic mass is 10.1. The average molecular weight is 327 g/mol. The number of rotatable bonds is 6. The largest absolute Gasteiger partial charge is 0.481 e. The molecule has 2 N–H and O–H groups in total. The minimum absolute atomic E-state index is 0.0367. The number of hydrogen-bond donors (Lipinski definition) is 2. The van der Waals surface area contributed by atoms with Gasteiger partial charge in [0.05, 0.1) is 5.75 Å². The summed E-state index contributed by atoms with van der Waals surface area (Å²) < 4.78 is 14.1. The Morgan fingerprint density at radius 2 is 2.05 bits per heavy atom. The van der Waals surface area contributed by atoms with Gasteiger partial charge in [-0.1, -0.05) is 35.2 Å². The van der Waals surface area contributed by atoms with Crippen LogP contribution in [-0.4, -0.2) is 27.0 Å². The average Bonchev–Trinajstić information content (AvgIpc) is 2.88. The monoisotopic (exact) mass is 327 g/mol. The second-order valence-corrected chi connectivity index (χ2v) is 6.65. The normalized spacial score (nSPS) is 10.6. The van der Waals surface area contributed by atoms with Crippen LogP contribution in [0, 0.1) is 19.7 Å². The Balaban J connectivity index is 1.95. The standard InChI is InChI=1S/C13H14FN3O2S2/c1-7-3-9(4-8(2)11(7)14)5-15-12-16-17-13(21-12)20-6-10(18)19/h3-4H,5-6H2,1-2H3,(H,15,16)(H,18,19). The first-order valence-electron chi connectivity index (χ1n) is 6.13. The van der Waals surface area contributed by atoms with E-state index in [9.17, 15) is 9.18 Å². The van der Waals surface area contributed by atoms with Gasteiger partial charge in [-0.3, -0.25) is 4.79 Å². The SMILES string of the molecule is Cc1cc(CNc2nnc(SCC(=O)O)s2)cc(C)c1F. The van der Waals surface area contributed by atoms with E-state index in [-0.39, 0.29) is 11.6 Å². The zero-order valence-corrected chi connectivity index (χ0v) is 13.1. The number of aryl methyl sites for hydroxylation is 2. The fourth-order valence-corrected chi connectivity index (χ4v) is 3.25. The van der Waals surface area contributed by atoms with E-state index in [1.165, 1.54) is 11.3 Å². The lowest BCUT2D eigenvalue weighted by Crippen LogP contribution is -2.01. The van der Waals surface area contributed by atoms with Crippen molar-refractivity contribution in [2.24, 2.45) is 0 Å². The van der Waals surface area contributed by atoms with E-state index in [0.29, 0.717) is 27.1 Å². The maximum Gasteiger partial charge on any atom is 0.313 e. The van der Waals surface area contributed by atoms with Gasteiger partial charge in [-0.05, 0) is 30.5 Å². The van der Waals surface area contributed by atoms with Crippen molar-refractivity contribution in [2.45, 2.75) is 24.7 Å². The third-order valence-electron chi connectivity index (χ3n) is 2.67. The minimum atomic E-state index is -0.887. The van der Waals surface area contributed by atoms with Gasteiger partial charge in [0.15, 0.2) is 4.34 Å². The second kappa shape index (κ2) is 6.86. The molecular formula is C13H14FN3O2S2. The molecule has 0 amide bonds. The molecule has 0 aliphatic carbocycles. The molecular weight excluding hydrogens is 313 g/mol. The summed E-state index contributed by atoms with van der Waals surface area (Å²) in [5, 5.41) is 20.2. The number of carboxylic acid groups (broad SMARTS) is 1. The van der Waals surface area contributed by atoms with E-state index >= 15 is 0 Å². The molecule has 2 rings (SSSR count).